The molecule has 1 unspecified atom stereocenters. The summed E-state index contributed by atoms with van der Waals surface area (Å²) in [6.07, 6.45) is 1.45. The van der Waals surface area contributed by atoms with E-state index in [1.165, 1.54) is 17.4 Å². The van der Waals surface area contributed by atoms with Crippen LogP contribution in [0.5, 0.6) is 0 Å². The number of hydrogen-bond donors (Lipinski definition) is 1. The van der Waals surface area contributed by atoms with Crippen LogP contribution in [0.3, 0.4) is 0 Å². The summed E-state index contributed by atoms with van der Waals surface area (Å²) in [6, 6.07) is 8.91. The molecule has 27 heavy (non-hydrogen) atoms. The first-order valence-corrected chi connectivity index (χ1v) is 9.78. The van der Waals surface area contributed by atoms with Crippen LogP contribution in [0.2, 0.25) is 0 Å². The van der Waals surface area contributed by atoms with E-state index in [0.29, 0.717) is 42.6 Å². The molecular formula is C22H33N3O2. The second kappa shape index (κ2) is 9.70. The molecule has 0 fully saturated rings. The molecule has 1 N–H and O–H groups in total. The van der Waals surface area contributed by atoms with E-state index in [2.05, 4.69) is 81.0 Å². The molecule has 0 aliphatic heterocycles. The predicted octanol–water partition coefficient (Wildman–Crippen LogP) is 4.42. The lowest BCUT2D eigenvalue weighted by atomic mass is 10.0. The highest BCUT2D eigenvalue weighted by Crippen LogP contribution is 2.18. The van der Waals surface area contributed by atoms with Crippen molar-refractivity contribution < 1.29 is 9.21 Å². The molecule has 0 bridgehead atoms. The molecule has 0 spiro atoms. The van der Waals surface area contributed by atoms with Gasteiger partial charge in [-0.3, -0.25) is 9.69 Å². The molecular weight excluding hydrogens is 338 g/mol. The van der Waals surface area contributed by atoms with Crippen LogP contribution >= 0.6 is 0 Å². The van der Waals surface area contributed by atoms with Gasteiger partial charge in [-0.15, -0.1) is 0 Å². The minimum atomic E-state index is -0.180. The summed E-state index contributed by atoms with van der Waals surface area (Å²) in [5.74, 6) is 1.29. The Kier molecular flexibility index (Phi) is 7.60. The lowest BCUT2D eigenvalue weighted by Crippen LogP contribution is -2.36. The third kappa shape index (κ3) is 6.51. The fourth-order valence-corrected chi connectivity index (χ4v) is 2.86. The molecule has 1 aromatic heterocycles. The number of nitrogens with zero attached hydrogens (tertiary/aromatic N) is 2. The normalized spacial score (nSPS) is 12.8. The molecule has 1 aromatic carbocycles. The summed E-state index contributed by atoms with van der Waals surface area (Å²) < 4.78 is 5.60. The van der Waals surface area contributed by atoms with Crippen molar-refractivity contribution in [1.82, 2.24) is 15.2 Å². The topological polar surface area (TPSA) is 58.4 Å². The molecule has 0 radical (unpaired) electrons. The third-order valence-electron chi connectivity index (χ3n) is 4.80. The van der Waals surface area contributed by atoms with Gasteiger partial charge < -0.3 is 9.73 Å². The maximum Gasteiger partial charge on any atom is 0.273 e. The zero-order chi connectivity index (χ0) is 20.0. The Hall–Kier alpha value is -2.14. The standard InChI is InChI=1S/C22H33N3O2/c1-15(2)11-23-22(26)20-14-27-21(24-20)13-25(18(6)16(3)4)12-19-9-7-8-17(5)10-19/h7-10,14-16,18H,11-13H2,1-6H3,(H,23,26). The number of carbonyl (C=O) groups is 1. The number of carbonyl (C=O) groups excluding carboxylic acids is 1. The van der Waals surface area contributed by atoms with E-state index >= 15 is 0 Å². The lowest BCUT2D eigenvalue weighted by molar-refractivity contribution is 0.0943. The Morgan fingerprint density at radius 2 is 1.93 bits per heavy atom. The zero-order valence-corrected chi connectivity index (χ0v) is 17.5. The molecule has 2 aromatic rings. The summed E-state index contributed by atoms with van der Waals surface area (Å²) in [5.41, 5.74) is 2.87. The predicted molar refractivity (Wildman–Crippen MR) is 108 cm³/mol. The molecule has 1 amide bonds. The highest BCUT2D eigenvalue weighted by molar-refractivity contribution is 5.91. The van der Waals surface area contributed by atoms with Gasteiger partial charge in [-0.05, 0) is 31.2 Å². The fraction of sp³-hybridized carbons (Fsp3) is 0.545. The Bertz CT molecular complexity index is 737. The van der Waals surface area contributed by atoms with Crippen LogP contribution in [0.1, 0.15) is 62.1 Å². The number of hydrogen-bond acceptors (Lipinski definition) is 4. The van der Waals surface area contributed by atoms with Gasteiger partial charge in [0.1, 0.15) is 6.26 Å². The quantitative estimate of drug-likeness (QED) is 0.709. The summed E-state index contributed by atoms with van der Waals surface area (Å²) in [5, 5.41) is 2.88. The van der Waals surface area contributed by atoms with Crippen molar-refractivity contribution >= 4 is 5.91 Å². The third-order valence-corrected chi connectivity index (χ3v) is 4.80. The largest absolute Gasteiger partial charge is 0.447 e. The van der Waals surface area contributed by atoms with Gasteiger partial charge in [0.15, 0.2) is 5.69 Å². The SMILES string of the molecule is Cc1cccc(CN(Cc2nc(C(=O)NCC(C)C)co2)C(C)C(C)C)c1. The maximum atomic E-state index is 12.2. The van der Waals surface area contributed by atoms with Crippen molar-refractivity contribution in [2.24, 2.45) is 11.8 Å². The van der Waals surface area contributed by atoms with E-state index in [4.69, 9.17) is 4.42 Å². The first-order valence-electron chi connectivity index (χ1n) is 9.78. The number of benzene rings is 1. The summed E-state index contributed by atoms with van der Waals surface area (Å²) in [7, 11) is 0. The molecule has 0 saturated carbocycles. The van der Waals surface area contributed by atoms with Crippen molar-refractivity contribution in [1.29, 1.82) is 0 Å². The molecule has 0 saturated heterocycles. The van der Waals surface area contributed by atoms with Crippen LogP contribution in [0.4, 0.5) is 0 Å². The van der Waals surface area contributed by atoms with E-state index in [0.717, 1.165) is 6.54 Å². The van der Waals surface area contributed by atoms with Crippen LogP contribution in [0, 0.1) is 18.8 Å². The van der Waals surface area contributed by atoms with Gasteiger partial charge in [0.05, 0.1) is 6.54 Å². The average molecular weight is 372 g/mol. The molecule has 1 atom stereocenters. The van der Waals surface area contributed by atoms with Gasteiger partial charge in [0, 0.05) is 19.1 Å². The lowest BCUT2D eigenvalue weighted by Gasteiger charge is -2.30. The number of aromatic nitrogens is 1. The van der Waals surface area contributed by atoms with Crippen molar-refractivity contribution in [2.75, 3.05) is 6.54 Å². The Morgan fingerprint density at radius 3 is 2.56 bits per heavy atom. The second-order valence-corrected chi connectivity index (χ2v) is 8.11. The van der Waals surface area contributed by atoms with Gasteiger partial charge >= 0.3 is 0 Å². The summed E-state index contributed by atoms with van der Waals surface area (Å²) in [4.78, 5) is 18.9. The molecule has 5 nitrogen and oxygen atoms in total. The van der Waals surface area contributed by atoms with Crippen LogP contribution in [0.25, 0.3) is 0 Å². The van der Waals surface area contributed by atoms with Crippen LogP contribution < -0.4 is 5.32 Å². The van der Waals surface area contributed by atoms with Crippen molar-refractivity contribution in [3.63, 3.8) is 0 Å². The minimum Gasteiger partial charge on any atom is -0.447 e. The van der Waals surface area contributed by atoms with Crippen LogP contribution in [-0.4, -0.2) is 28.4 Å². The van der Waals surface area contributed by atoms with E-state index in [1.807, 2.05) is 0 Å². The number of rotatable bonds is 9. The molecule has 1 heterocycles. The van der Waals surface area contributed by atoms with Crippen molar-refractivity contribution in [2.45, 2.75) is 60.7 Å². The summed E-state index contributed by atoms with van der Waals surface area (Å²) >= 11 is 0. The summed E-state index contributed by atoms with van der Waals surface area (Å²) in [6.45, 7) is 14.9. The highest BCUT2D eigenvalue weighted by atomic mass is 16.3. The van der Waals surface area contributed by atoms with Crippen LogP contribution in [-0.2, 0) is 13.1 Å². The smallest absolute Gasteiger partial charge is 0.273 e. The number of oxazole rings is 1. The highest BCUT2D eigenvalue weighted by Gasteiger charge is 2.21. The number of nitrogens with one attached hydrogen (secondary N) is 1. The molecule has 2 rings (SSSR count). The zero-order valence-electron chi connectivity index (χ0n) is 17.5. The molecule has 0 aliphatic carbocycles. The first-order chi connectivity index (χ1) is 12.8. The number of amides is 1. The average Bonchev–Trinajstić information content (AvgIpc) is 3.07. The molecule has 148 valence electrons. The minimum absolute atomic E-state index is 0.180. The Labute approximate surface area is 163 Å². The van der Waals surface area contributed by atoms with Crippen molar-refractivity contribution in [3.8, 4) is 0 Å². The van der Waals surface area contributed by atoms with E-state index in [9.17, 15) is 4.79 Å². The van der Waals surface area contributed by atoms with E-state index < -0.39 is 0 Å². The van der Waals surface area contributed by atoms with Gasteiger partial charge in [0.2, 0.25) is 5.89 Å². The van der Waals surface area contributed by atoms with Gasteiger partial charge in [0.25, 0.3) is 5.91 Å². The fourth-order valence-electron chi connectivity index (χ4n) is 2.86. The van der Waals surface area contributed by atoms with Gasteiger partial charge in [-0.2, -0.15) is 0 Å². The maximum absolute atomic E-state index is 12.2. The first kappa shape index (κ1) is 21.2. The number of aryl methyl sites for hydroxylation is 1. The molecule has 5 heteroatoms. The molecule has 0 aliphatic rings. The van der Waals surface area contributed by atoms with Gasteiger partial charge in [-0.1, -0.05) is 57.5 Å². The Balaban J connectivity index is 2.10. The van der Waals surface area contributed by atoms with Gasteiger partial charge in [-0.25, -0.2) is 4.98 Å². The second-order valence-electron chi connectivity index (χ2n) is 8.11. The van der Waals surface area contributed by atoms with E-state index in [1.54, 1.807) is 0 Å². The monoisotopic (exact) mass is 371 g/mol. The van der Waals surface area contributed by atoms with Crippen LogP contribution in [0.15, 0.2) is 34.9 Å². The van der Waals surface area contributed by atoms with Crippen molar-refractivity contribution in [3.05, 3.63) is 53.2 Å². The Morgan fingerprint density at radius 1 is 1.19 bits per heavy atom. The van der Waals surface area contributed by atoms with E-state index in [-0.39, 0.29) is 5.91 Å².